The summed E-state index contributed by atoms with van der Waals surface area (Å²) in [5, 5.41) is 1.22. The Balaban J connectivity index is 1.96. The van der Waals surface area contributed by atoms with Gasteiger partial charge in [0.15, 0.2) is 0 Å². The van der Waals surface area contributed by atoms with Crippen LogP contribution in [-0.2, 0) is 11.0 Å². The number of hydrogen-bond acceptors (Lipinski definition) is 2. The molecule has 2 nitrogen and oxygen atoms in total. The van der Waals surface area contributed by atoms with Crippen molar-refractivity contribution in [1.82, 2.24) is 0 Å². The van der Waals surface area contributed by atoms with Gasteiger partial charge >= 0.3 is 0 Å². The van der Waals surface area contributed by atoms with Crippen LogP contribution in [0.1, 0.15) is 38.2 Å². The van der Waals surface area contributed by atoms with Gasteiger partial charge in [0.25, 0.3) is 0 Å². The highest BCUT2D eigenvalue weighted by Gasteiger charge is 2.38. The zero-order valence-corrected chi connectivity index (χ0v) is 19.6. The SMILES string of the molecule is Cc1c(Cc2ccccc2)cc(P(=O)(C(=O)c2ccccc2)c2ccccc2)c(C)c1C. The third-order valence-electron chi connectivity index (χ3n) is 6.31. The van der Waals surface area contributed by atoms with Gasteiger partial charge in [0.1, 0.15) is 0 Å². The molecule has 0 aromatic heterocycles. The maximum atomic E-state index is 14.9. The van der Waals surface area contributed by atoms with E-state index in [4.69, 9.17) is 0 Å². The minimum absolute atomic E-state index is 0.318. The molecule has 32 heavy (non-hydrogen) atoms. The van der Waals surface area contributed by atoms with Crippen LogP contribution in [0.25, 0.3) is 0 Å². The summed E-state index contributed by atoms with van der Waals surface area (Å²) in [5.41, 5.74) is 5.64. The van der Waals surface area contributed by atoms with Crippen molar-refractivity contribution in [3.63, 3.8) is 0 Å². The quantitative estimate of drug-likeness (QED) is 0.329. The molecular weight excluding hydrogens is 411 g/mol. The number of hydrogen-bond donors (Lipinski definition) is 0. The molecule has 0 aliphatic carbocycles. The zero-order valence-electron chi connectivity index (χ0n) is 18.7. The van der Waals surface area contributed by atoms with Crippen molar-refractivity contribution in [2.45, 2.75) is 27.2 Å². The molecule has 0 fully saturated rings. The minimum Gasteiger partial charge on any atom is -0.305 e. The fourth-order valence-electron chi connectivity index (χ4n) is 4.19. The third kappa shape index (κ3) is 3.99. The van der Waals surface area contributed by atoms with E-state index in [-0.39, 0.29) is 5.52 Å². The lowest BCUT2D eigenvalue weighted by Crippen LogP contribution is -2.26. The first-order chi connectivity index (χ1) is 15.4. The molecule has 0 heterocycles. The molecular formula is C29H27O2P. The van der Waals surface area contributed by atoms with Crippen LogP contribution in [0.15, 0.2) is 97.1 Å². The van der Waals surface area contributed by atoms with Gasteiger partial charge in [-0.3, -0.25) is 4.79 Å². The van der Waals surface area contributed by atoms with Gasteiger partial charge in [-0.2, -0.15) is 0 Å². The Labute approximate surface area is 190 Å². The smallest absolute Gasteiger partial charge is 0.230 e. The molecule has 0 N–H and O–H groups in total. The molecule has 1 unspecified atom stereocenters. The second kappa shape index (κ2) is 9.10. The highest BCUT2D eigenvalue weighted by molar-refractivity contribution is 7.93. The van der Waals surface area contributed by atoms with Crippen molar-refractivity contribution in [3.8, 4) is 0 Å². The van der Waals surface area contributed by atoms with Crippen LogP contribution >= 0.6 is 7.14 Å². The Morgan fingerprint density at radius 2 is 1.22 bits per heavy atom. The summed E-state index contributed by atoms with van der Waals surface area (Å²) in [6.07, 6.45) is 0.731. The molecule has 0 saturated heterocycles. The monoisotopic (exact) mass is 438 g/mol. The largest absolute Gasteiger partial charge is 0.305 e. The lowest BCUT2D eigenvalue weighted by Gasteiger charge is -2.24. The van der Waals surface area contributed by atoms with Crippen LogP contribution in [0.3, 0.4) is 0 Å². The van der Waals surface area contributed by atoms with Gasteiger partial charge in [-0.05, 0) is 61.1 Å². The Bertz CT molecular complexity index is 1290. The first kappa shape index (κ1) is 22.0. The summed E-state index contributed by atoms with van der Waals surface area (Å²) in [7, 11) is -3.59. The van der Waals surface area contributed by atoms with E-state index in [1.807, 2.05) is 79.7 Å². The van der Waals surface area contributed by atoms with E-state index in [9.17, 15) is 9.36 Å². The number of carbonyl (C=O) groups excluding carboxylic acids is 1. The number of rotatable bonds is 6. The molecule has 4 aromatic rings. The molecule has 0 radical (unpaired) electrons. The van der Waals surface area contributed by atoms with Crippen LogP contribution in [0.4, 0.5) is 0 Å². The first-order valence-corrected chi connectivity index (χ1v) is 12.5. The first-order valence-electron chi connectivity index (χ1n) is 10.8. The van der Waals surface area contributed by atoms with Crippen molar-refractivity contribution in [1.29, 1.82) is 0 Å². The summed E-state index contributed by atoms with van der Waals surface area (Å²) in [6, 6.07) is 30.5. The predicted octanol–water partition coefficient (Wildman–Crippen LogP) is 6.36. The van der Waals surface area contributed by atoms with Gasteiger partial charge in [-0.15, -0.1) is 0 Å². The Kier molecular flexibility index (Phi) is 6.26. The van der Waals surface area contributed by atoms with Gasteiger partial charge < -0.3 is 4.57 Å². The topological polar surface area (TPSA) is 34.1 Å². The Morgan fingerprint density at radius 3 is 1.81 bits per heavy atom. The van der Waals surface area contributed by atoms with Gasteiger partial charge in [-0.1, -0.05) is 91.0 Å². The van der Waals surface area contributed by atoms with Crippen LogP contribution < -0.4 is 10.6 Å². The van der Waals surface area contributed by atoms with Gasteiger partial charge in [-0.25, -0.2) is 0 Å². The standard InChI is InChI=1S/C29H27O2P/c1-21-22(2)26(19-24-13-7-4-8-14-24)20-28(23(21)3)32(31,27-17-11-6-12-18-27)29(30)25-15-9-5-10-16-25/h4-18,20H,19H2,1-3H3. The second-order valence-corrected chi connectivity index (χ2v) is 10.8. The van der Waals surface area contributed by atoms with E-state index in [2.05, 4.69) is 26.0 Å². The highest BCUT2D eigenvalue weighted by atomic mass is 31.2. The molecule has 160 valence electrons. The van der Waals surface area contributed by atoms with Crippen molar-refractivity contribution >= 4 is 23.3 Å². The van der Waals surface area contributed by atoms with Crippen molar-refractivity contribution in [2.24, 2.45) is 0 Å². The molecule has 1 atom stereocenters. The summed E-state index contributed by atoms with van der Waals surface area (Å²) in [4.78, 5) is 13.8. The summed E-state index contributed by atoms with van der Waals surface area (Å²) in [5.74, 6) is 0. The fraction of sp³-hybridized carbons (Fsp3) is 0.138. The normalized spacial score (nSPS) is 12.8. The molecule has 3 heteroatoms. The minimum atomic E-state index is -3.59. The second-order valence-electron chi connectivity index (χ2n) is 8.21. The lowest BCUT2D eigenvalue weighted by atomic mass is 9.94. The van der Waals surface area contributed by atoms with Gasteiger partial charge in [0.2, 0.25) is 12.7 Å². The van der Waals surface area contributed by atoms with E-state index >= 15 is 0 Å². The molecule has 0 spiro atoms. The summed E-state index contributed by atoms with van der Waals surface area (Å²) < 4.78 is 14.9. The highest BCUT2D eigenvalue weighted by Crippen LogP contribution is 2.48. The molecule has 0 aliphatic heterocycles. The molecule has 0 saturated carbocycles. The summed E-state index contributed by atoms with van der Waals surface area (Å²) in [6.45, 7) is 6.15. The summed E-state index contributed by atoms with van der Waals surface area (Å²) >= 11 is 0. The van der Waals surface area contributed by atoms with Crippen LogP contribution in [-0.4, -0.2) is 5.52 Å². The molecule has 0 bridgehead atoms. The van der Waals surface area contributed by atoms with Gasteiger partial charge in [0, 0.05) is 16.2 Å². The van der Waals surface area contributed by atoms with E-state index in [0.717, 1.165) is 23.1 Å². The maximum absolute atomic E-state index is 14.9. The number of benzene rings is 4. The maximum Gasteiger partial charge on any atom is 0.230 e. The number of carbonyl (C=O) groups is 1. The molecule has 0 amide bonds. The average Bonchev–Trinajstić information content (AvgIpc) is 2.85. The predicted molar refractivity (Wildman–Crippen MR) is 134 cm³/mol. The fourth-order valence-corrected chi connectivity index (χ4v) is 7.00. The van der Waals surface area contributed by atoms with Crippen LogP contribution in [0.5, 0.6) is 0 Å². The van der Waals surface area contributed by atoms with Crippen molar-refractivity contribution in [3.05, 3.63) is 130 Å². The van der Waals surface area contributed by atoms with E-state index in [1.165, 1.54) is 11.1 Å². The molecule has 4 aromatic carbocycles. The zero-order chi connectivity index (χ0) is 22.7. The Hall–Kier alpha value is -3.22. The average molecular weight is 439 g/mol. The van der Waals surface area contributed by atoms with Crippen LogP contribution in [0.2, 0.25) is 0 Å². The molecule has 0 aliphatic rings. The molecule has 4 rings (SSSR count). The van der Waals surface area contributed by atoms with Gasteiger partial charge in [0.05, 0.1) is 0 Å². The lowest BCUT2D eigenvalue weighted by molar-refractivity contribution is 0.107. The Morgan fingerprint density at radius 1 is 0.688 bits per heavy atom. The van der Waals surface area contributed by atoms with Crippen molar-refractivity contribution in [2.75, 3.05) is 0 Å². The van der Waals surface area contributed by atoms with E-state index in [0.29, 0.717) is 16.2 Å². The van der Waals surface area contributed by atoms with E-state index in [1.54, 1.807) is 12.1 Å². The third-order valence-corrected chi connectivity index (χ3v) is 9.30. The van der Waals surface area contributed by atoms with E-state index < -0.39 is 7.14 Å². The van der Waals surface area contributed by atoms with Crippen LogP contribution in [0, 0.1) is 20.8 Å². The van der Waals surface area contributed by atoms with Crippen molar-refractivity contribution < 1.29 is 9.36 Å².